The monoisotopic (exact) mass is 599 g/mol. The molecule has 4 aromatic rings. The lowest BCUT2D eigenvalue weighted by molar-refractivity contribution is 0.0703. The smallest absolute Gasteiger partial charge is 0.276 e. The van der Waals surface area contributed by atoms with Crippen molar-refractivity contribution in [2.45, 2.75) is 32.6 Å². The number of carbonyl (C=O) groups is 2. The van der Waals surface area contributed by atoms with Crippen LogP contribution >= 0.6 is 34.5 Å². The van der Waals surface area contributed by atoms with Crippen LogP contribution in [0.25, 0.3) is 5.65 Å². The Morgan fingerprint density at radius 2 is 1.60 bits per heavy atom. The molecule has 6 heterocycles. The molecule has 2 aliphatic heterocycles. The maximum absolute atomic E-state index is 13.2. The Labute approximate surface area is 244 Å². The van der Waals surface area contributed by atoms with Crippen LogP contribution in [-0.4, -0.2) is 90.7 Å². The molecule has 0 N–H and O–H groups in total. The zero-order valence-corrected chi connectivity index (χ0v) is 24.4. The van der Waals surface area contributed by atoms with E-state index in [4.69, 9.17) is 28.2 Å². The minimum atomic E-state index is -0.137. The third-order valence-corrected chi connectivity index (χ3v) is 9.07. The van der Waals surface area contributed by atoms with Gasteiger partial charge in [0.05, 0.1) is 32.1 Å². The first-order valence-electron chi connectivity index (χ1n) is 13.1. The molecule has 2 fully saturated rings. The Bertz CT molecular complexity index is 1570. The lowest BCUT2D eigenvalue weighted by Gasteiger charge is -2.36. The Morgan fingerprint density at radius 1 is 0.925 bits per heavy atom. The number of likely N-dealkylation sites (tertiary alicyclic amines) is 1. The van der Waals surface area contributed by atoms with E-state index in [1.165, 1.54) is 11.3 Å². The van der Waals surface area contributed by atoms with E-state index in [9.17, 15) is 9.59 Å². The molecule has 0 unspecified atom stereocenters. The van der Waals surface area contributed by atoms with Gasteiger partial charge in [-0.2, -0.15) is 5.10 Å². The number of anilines is 1. The zero-order valence-electron chi connectivity index (χ0n) is 22.0. The molecule has 0 radical (unpaired) electrons. The fourth-order valence-corrected chi connectivity index (χ4v) is 6.90. The van der Waals surface area contributed by atoms with Gasteiger partial charge in [-0.1, -0.05) is 23.2 Å². The molecule has 0 saturated carbocycles. The number of rotatable bonds is 4. The quantitative estimate of drug-likeness (QED) is 0.347. The summed E-state index contributed by atoms with van der Waals surface area (Å²) >= 11 is 14.1. The predicted molar refractivity (Wildman–Crippen MR) is 153 cm³/mol. The highest BCUT2D eigenvalue weighted by Gasteiger charge is 2.30. The van der Waals surface area contributed by atoms with Crippen molar-refractivity contribution < 1.29 is 9.59 Å². The topological polar surface area (TPSA) is 113 Å². The Kier molecular flexibility index (Phi) is 7.32. The summed E-state index contributed by atoms with van der Waals surface area (Å²) in [6.45, 7) is 7.24. The minimum Gasteiger partial charge on any atom is -0.365 e. The van der Waals surface area contributed by atoms with E-state index in [0.29, 0.717) is 72.0 Å². The molecule has 2 saturated heterocycles. The third-order valence-electron chi connectivity index (χ3n) is 7.51. The van der Waals surface area contributed by atoms with E-state index >= 15 is 0 Å². The molecule has 14 heteroatoms. The molecule has 0 spiro atoms. The molecular weight excluding hydrogens is 573 g/mol. The van der Waals surface area contributed by atoms with Crippen molar-refractivity contribution >= 4 is 57.7 Å². The Morgan fingerprint density at radius 3 is 2.30 bits per heavy atom. The Balaban J connectivity index is 1.05. The van der Waals surface area contributed by atoms with Crippen molar-refractivity contribution in [3.05, 3.63) is 61.7 Å². The van der Waals surface area contributed by atoms with Gasteiger partial charge in [0.25, 0.3) is 11.8 Å². The van der Waals surface area contributed by atoms with Crippen molar-refractivity contribution in [1.82, 2.24) is 39.6 Å². The van der Waals surface area contributed by atoms with Crippen molar-refractivity contribution in [2.24, 2.45) is 0 Å². The summed E-state index contributed by atoms with van der Waals surface area (Å²) in [7, 11) is 0. The normalized spacial score (nSPS) is 16.6. The van der Waals surface area contributed by atoms with E-state index in [1.54, 1.807) is 16.9 Å². The van der Waals surface area contributed by atoms with Crippen LogP contribution in [0.1, 0.15) is 56.1 Å². The lowest BCUT2D eigenvalue weighted by atomic mass is 9.97. The van der Waals surface area contributed by atoms with Gasteiger partial charge >= 0.3 is 0 Å². The molecule has 40 heavy (non-hydrogen) atoms. The molecule has 0 aromatic carbocycles. The van der Waals surface area contributed by atoms with Crippen LogP contribution in [0.3, 0.4) is 0 Å². The molecule has 0 atom stereocenters. The fourth-order valence-electron chi connectivity index (χ4n) is 5.33. The second-order valence-corrected chi connectivity index (χ2v) is 11.8. The van der Waals surface area contributed by atoms with E-state index in [-0.39, 0.29) is 17.7 Å². The number of thiazole rings is 1. The van der Waals surface area contributed by atoms with Crippen LogP contribution in [0.15, 0.2) is 23.8 Å². The van der Waals surface area contributed by atoms with Gasteiger partial charge in [0, 0.05) is 69.0 Å². The number of nitrogens with zero attached hydrogens (tertiary/aromatic N) is 9. The highest BCUT2D eigenvalue weighted by atomic mass is 35.5. The summed E-state index contributed by atoms with van der Waals surface area (Å²) in [5.41, 5.74) is 3.69. The van der Waals surface area contributed by atoms with Gasteiger partial charge in [0.1, 0.15) is 5.69 Å². The van der Waals surface area contributed by atoms with E-state index in [0.717, 1.165) is 29.2 Å². The van der Waals surface area contributed by atoms with Gasteiger partial charge in [0.2, 0.25) is 0 Å². The predicted octanol–water partition coefficient (Wildman–Crippen LogP) is 3.88. The first-order valence-corrected chi connectivity index (χ1v) is 14.7. The van der Waals surface area contributed by atoms with Crippen molar-refractivity contribution in [3.63, 3.8) is 0 Å². The largest absolute Gasteiger partial charge is 0.365 e. The van der Waals surface area contributed by atoms with Crippen molar-refractivity contribution in [1.29, 1.82) is 0 Å². The van der Waals surface area contributed by atoms with E-state index in [1.807, 2.05) is 35.1 Å². The molecule has 4 aromatic heterocycles. The molecule has 0 bridgehead atoms. The third kappa shape index (κ3) is 4.99. The minimum absolute atomic E-state index is 0.0695. The SMILES string of the molecule is Cc1cc2nnc(C(=O)N3CCC(c4nc(C(=O)N5CCN(c6c(Cl)cncc6Cl)CC5)cs4)CC3)c(C)n2n1. The summed E-state index contributed by atoms with van der Waals surface area (Å²) in [5, 5.41) is 16.6. The maximum Gasteiger partial charge on any atom is 0.276 e. The molecule has 2 amide bonds. The number of piperazine rings is 1. The molecule has 11 nitrogen and oxygen atoms in total. The van der Waals surface area contributed by atoms with Crippen LogP contribution in [0.5, 0.6) is 0 Å². The highest BCUT2D eigenvalue weighted by Crippen LogP contribution is 2.34. The number of carbonyl (C=O) groups excluding carboxylic acids is 2. The van der Waals surface area contributed by atoms with Crippen LogP contribution in [0.4, 0.5) is 5.69 Å². The number of hydrogen-bond acceptors (Lipinski definition) is 9. The van der Waals surface area contributed by atoms with Gasteiger partial charge in [-0.05, 0) is 26.7 Å². The average molecular weight is 601 g/mol. The first kappa shape index (κ1) is 26.9. The van der Waals surface area contributed by atoms with Gasteiger partial charge in [-0.15, -0.1) is 21.5 Å². The van der Waals surface area contributed by atoms with Crippen molar-refractivity contribution in [3.8, 4) is 0 Å². The number of halogens is 2. The van der Waals surface area contributed by atoms with Gasteiger partial charge in [-0.25, -0.2) is 9.50 Å². The van der Waals surface area contributed by atoms with E-state index < -0.39 is 0 Å². The van der Waals surface area contributed by atoms with Crippen LogP contribution < -0.4 is 4.90 Å². The van der Waals surface area contributed by atoms with Crippen LogP contribution in [0.2, 0.25) is 10.0 Å². The van der Waals surface area contributed by atoms with Crippen molar-refractivity contribution in [2.75, 3.05) is 44.2 Å². The summed E-state index contributed by atoms with van der Waals surface area (Å²) in [4.78, 5) is 40.9. The standard InChI is InChI=1S/C26H27Cl2N9O2S/c1-15-11-21-31-32-22(16(2)37(21)33-15)26(39)35-5-3-17(4-6-35)24-30-20(14-40-24)25(38)36-9-7-34(8-10-36)23-18(27)12-29-13-19(23)28/h11-14,17H,3-10H2,1-2H3. The number of fused-ring (bicyclic) bond motifs is 1. The second kappa shape index (κ2) is 10.9. The first-order chi connectivity index (χ1) is 19.3. The lowest BCUT2D eigenvalue weighted by Crippen LogP contribution is -2.49. The second-order valence-electron chi connectivity index (χ2n) is 10.1. The molecule has 6 rings (SSSR count). The van der Waals surface area contributed by atoms with Gasteiger partial charge in [0.15, 0.2) is 11.3 Å². The fraction of sp³-hybridized carbons (Fsp3) is 0.423. The summed E-state index contributed by atoms with van der Waals surface area (Å²) < 4.78 is 1.67. The number of aromatic nitrogens is 6. The Hall–Kier alpha value is -3.35. The molecule has 2 aliphatic rings. The molecule has 208 valence electrons. The highest BCUT2D eigenvalue weighted by molar-refractivity contribution is 7.09. The zero-order chi connectivity index (χ0) is 28.0. The van der Waals surface area contributed by atoms with Crippen LogP contribution in [0, 0.1) is 13.8 Å². The number of amides is 2. The molecule has 0 aliphatic carbocycles. The molecular formula is C26H27Cl2N9O2S. The summed E-state index contributed by atoms with van der Waals surface area (Å²) in [6.07, 6.45) is 4.70. The summed E-state index contributed by atoms with van der Waals surface area (Å²) in [6, 6.07) is 1.83. The van der Waals surface area contributed by atoms with Crippen LogP contribution in [-0.2, 0) is 0 Å². The maximum atomic E-state index is 13.2. The van der Waals surface area contributed by atoms with Gasteiger partial charge < -0.3 is 14.7 Å². The summed E-state index contributed by atoms with van der Waals surface area (Å²) in [5.74, 6) is -0.00572. The number of pyridine rings is 1. The number of hydrogen-bond donors (Lipinski definition) is 0. The average Bonchev–Trinajstić information content (AvgIpc) is 3.60. The number of aryl methyl sites for hydroxylation is 2. The van der Waals surface area contributed by atoms with Gasteiger partial charge in [-0.3, -0.25) is 14.6 Å². The van der Waals surface area contributed by atoms with E-state index in [2.05, 4.69) is 25.2 Å². The number of piperidine rings is 1.